The minimum Gasteiger partial charge on any atom is -0.322 e. The molecule has 16 heteroatoms. The summed E-state index contributed by atoms with van der Waals surface area (Å²) in [7, 11) is -8.82. The fourth-order valence-corrected chi connectivity index (χ4v) is 5.88. The highest BCUT2D eigenvalue weighted by Crippen LogP contribution is 2.32. The second-order valence-corrected chi connectivity index (χ2v) is 12.2. The Hall–Kier alpha value is -4.57. The van der Waals surface area contributed by atoms with Crippen LogP contribution < -0.4 is 14.8 Å². The number of alkyl halides is 6. The van der Waals surface area contributed by atoms with Crippen molar-refractivity contribution in [2.75, 3.05) is 14.8 Å². The van der Waals surface area contributed by atoms with Crippen molar-refractivity contribution in [1.82, 2.24) is 0 Å². The first-order valence-corrected chi connectivity index (χ1v) is 14.8. The number of halogens is 6. The predicted molar refractivity (Wildman–Crippen MR) is 145 cm³/mol. The van der Waals surface area contributed by atoms with Gasteiger partial charge in [0.15, 0.2) is 0 Å². The SMILES string of the molecule is O=C(Nc1cccc(S(=O)(=O)Nc2cccc(C(F)(F)F)c2)c1)c1cccc(S(=O)(=O)Nc2cccc(C(F)(F)F)c2)c1. The van der Waals surface area contributed by atoms with Crippen molar-refractivity contribution < 1.29 is 48.0 Å². The lowest BCUT2D eigenvalue weighted by Crippen LogP contribution is -2.17. The molecule has 226 valence electrons. The zero-order valence-corrected chi connectivity index (χ0v) is 23.0. The van der Waals surface area contributed by atoms with Crippen molar-refractivity contribution >= 4 is 43.0 Å². The summed E-state index contributed by atoms with van der Waals surface area (Å²) >= 11 is 0. The van der Waals surface area contributed by atoms with Crippen LogP contribution in [0.3, 0.4) is 0 Å². The van der Waals surface area contributed by atoms with Gasteiger partial charge in [-0.25, -0.2) is 16.8 Å². The maximum absolute atomic E-state index is 13.0. The largest absolute Gasteiger partial charge is 0.416 e. The standard InChI is InChI=1S/C27H19F6N3O5S2/c28-26(29,30)18-6-2-9-21(14-18)35-42(38,39)23-11-1-5-17(13-23)25(37)34-20-8-4-12-24(16-20)43(40,41)36-22-10-3-7-19(15-22)27(31,32)33/h1-16,35-36H,(H,34,37). The van der Waals surface area contributed by atoms with Crippen molar-refractivity contribution in [3.05, 3.63) is 114 Å². The first kappa shape index (κ1) is 31.4. The van der Waals surface area contributed by atoms with Crippen LogP contribution in [-0.4, -0.2) is 22.7 Å². The number of amides is 1. The maximum Gasteiger partial charge on any atom is 0.416 e. The molecule has 4 aromatic carbocycles. The predicted octanol–water partition coefficient (Wildman–Crippen LogP) is 6.58. The van der Waals surface area contributed by atoms with Gasteiger partial charge in [0.2, 0.25) is 0 Å². The van der Waals surface area contributed by atoms with E-state index in [0.29, 0.717) is 12.1 Å². The van der Waals surface area contributed by atoms with Gasteiger partial charge in [-0.15, -0.1) is 0 Å². The third kappa shape index (κ3) is 7.84. The third-order valence-electron chi connectivity index (χ3n) is 5.69. The molecule has 0 spiro atoms. The Morgan fingerprint density at radius 2 is 0.953 bits per heavy atom. The summed E-state index contributed by atoms with van der Waals surface area (Å²) in [5.74, 6) is -0.864. The number of anilines is 3. The molecule has 0 atom stereocenters. The molecule has 0 aromatic heterocycles. The first-order valence-electron chi connectivity index (χ1n) is 11.9. The van der Waals surface area contributed by atoms with Gasteiger partial charge in [-0.05, 0) is 72.8 Å². The Morgan fingerprint density at radius 1 is 0.535 bits per heavy atom. The minimum absolute atomic E-state index is 0.0488. The summed E-state index contributed by atoms with van der Waals surface area (Å²) in [5.41, 5.74) is -3.09. The fraction of sp³-hybridized carbons (Fsp3) is 0.0741. The van der Waals surface area contributed by atoms with Crippen molar-refractivity contribution in [3.8, 4) is 0 Å². The van der Waals surface area contributed by atoms with E-state index < -0.39 is 59.2 Å². The van der Waals surface area contributed by atoms with E-state index in [1.165, 1.54) is 24.3 Å². The molecule has 0 aliphatic heterocycles. The number of hydrogen-bond donors (Lipinski definition) is 3. The summed E-state index contributed by atoms with van der Waals surface area (Å²) < 4.78 is 133. The molecule has 0 bridgehead atoms. The Labute approximate surface area is 241 Å². The zero-order chi connectivity index (χ0) is 31.6. The van der Waals surface area contributed by atoms with Crippen molar-refractivity contribution in [2.24, 2.45) is 0 Å². The van der Waals surface area contributed by atoms with Crippen LogP contribution in [0.2, 0.25) is 0 Å². The van der Waals surface area contributed by atoms with E-state index in [1.54, 1.807) is 0 Å². The molecule has 0 saturated heterocycles. The second-order valence-electron chi connectivity index (χ2n) is 8.88. The monoisotopic (exact) mass is 643 g/mol. The smallest absolute Gasteiger partial charge is 0.322 e. The molecule has 3 N–H and O–H groups in total. The van der Waals surface area contributed by atoms with E-state index in [1.807, 2.05) is 9.44 Å². The lowest BCUT2D eigenvalue weighted by molar-refractivity contribution is -0.138. The van der Waals surface area contributed by atoms with Gasteiger partial charge in [-0.3, -0.25) is 14.2 Å². The van der Waals surface area contributed by atoms with E-state index in [-0.39, 0.29) is 22.6 Å². The number of nitrogens with one attached hydrogen (secondary N) is 3. The molecule has 8 nitrogen and oxygen atoms in total. The number of hydrogen-bond acceptors (Lipinski definition) is 5. The summed E-state index contributed by atoms with van der Waals surface area (Å²) in [5, 5.41) is 2.40. The Kier molecular flexibility index (Phi) is 8.46. The third-order valence-corrected chi connectivity index (χ3v) is 8.45. The fourth-order valence-electron chi connectivity index (χ4n) is 3.69. The Balaban J connectivity index is 1.51. The van der Waals surface area contributed by atoms with Crippen LogP contribution in [0.5, 0.6) is 0 Å². The van der Waals surface area contributed by atoms with Gasteiger partial charge in [-0.1, -0.05) is 24.3 Å². The average Bonchev–Trinajstić information content (AvgIpc) is 2.92. The number of carbonyl (C=O) groups excluding carboxylic acids is 1. The number of sulfonamides is 2. The van der Waals surface area contributed by atoms with Gasteiger partial charge in [0, 0.05) is 22.6 Å². The molecular formula is C27H19F6N3O5S2. The lowest BCUT2D eigenvalue weighted by Gasteiger charge is -2.13. The van der Waals surface area contributed by atoms with Crippen LogP contribution >= 0.6 is 0 Å². The zero-order valence-electron chi connectivity index (χ0n) is 21.4. The number of rotatable bonds is 8. The Bertz CT molecular complexity index is 1890. The summed E-state index contributed by atoms with van der Waals surface area (Å²) in [6.07, 6.45) is -9.40. The van der Waals surface area contributed by atoms with Gasteiger partial charge in [0.25, 0.3) is 26.0 Å². The van der Waals surface area contributed by atoms with Gasteiger partial charge in [0.1, 0.15) is 0 Å². The quantitative estimate of drug-likeness (QED) is 0.188. The summed E-state index contributed by atoms with van der Waals surface area (Å²) in [6, 6.07) is 16.3. The van der Waals surface area contributed by atoms with Crippen LogP contribution in [0.4, 0.5) is 43.4 Å². The molecule has 4 rings (SSSR count). The van der Waals surface area contributed by atoms with Gasteiger partial charge in [0.05, 0.1) is 20.9 Å². The molecule has 0 fully saturated rings. The molecule has 0 unspecified atom stereocenters. The number of carbonyl (C=O) groups is 1. The molecule has 0 heterocycles. The molecule has 0 aliphatic rings. The van der Waals surface area contributed by atoms with Gasteiger partial charge < -0.3 is 5.32 Å². The topological polar surface area (TPSA) is 121 Å². The first-order chi connectivity index (χ1) is 19.9. The summed E-state index contributed by atoms with van der Waals surface area (Å²) in [4.78, 5) is 12.0. The lowest BCUT2D eigenvalue weighted by atomic mass is 10.2. The summed E-state index contributed by atoms with van der Waals surface area (Å²) in [6.45, 7) is 0. The molecular weight excluding hydrogens is 624 g/mol. The molecule has 4 aromatic rings. The molecule has 43 heavy (non-hydrogen) atoms. The number of benzene rings is 4. The minimum atomic E-state index is -4.70. The maximum atomic E-state index is 13.0. The van der Waals surface area contributed by atoms with Gasteiger partial charge >= 0.3 is 12.4 Å². The highest BCUT2D eigenvalue weighted by Gasteiger charge is 2.32. The highest BCUT2D eigenvalue weighted by molar-refractivity contribution is 7.93. The highest BCUT2D eigenvalue weighted by atomic mass is 32.2. The van der Waals surface area contributed by atoms with E-state index in [9.17, 15) is 48.0 Å². The van der Waals surface area contributed by atoms with E-state index >= 15 is 0 Å². The molecule has 0 saturated carbocycles. The molecule has 1 amide bonds. The van der Waals surface area contributed by atoms with Crippen molar-refractivity contribution in [1.29, 1.82) is 0 Å². The van der Waals surface area contributed by atoms with Crippen LogP contribution in [0, 0.1) is 0 Å². The second kappa shape index (κ2) is 11.6. The van der Waals surface area contributed by atoms with Crippen LogP contribution in [0.1, 0.15) is 21.5 Å². The van der Waals surface area contributed by atoms with E-state index in [0.717, 1.165) is 60.7 Å². The Morgan fingerprint density at radius 3 is 1.44 bits per heavy atom. The molecule has 0 radical (unpaired) electrons. The van der Waals surface area contributed by atoms with E-state index in [2.05, 4.69) is 5.32 Å². The normalized spacial score (nSPS) is 12.4. The average molecular weight is 644 g/mol. The van der Waals surface area contributed by atoms with Crippen molar-refractivity contribution in [2.45, 2.75) is 22.1 Å². The van der Waals surface area contributed by atoms with Crippen LogP contribution in [0.15, 0.2) is 107 Å². The van der Waals surface area contributed by atoms with Crippen LogP contribution in [-0.2, 0) is 32.4 Å². The van der Waals surface area contributed by atoms with Gasteiger partial charge in [-0.2, -0.15) is 26.3 Å². The van der Waals surface area contributed by atoms with Crippen LogP contribution in [0.25, 0.3) is 0 Å². The molecule has 0 aliphatic carbocycles. The van der Waals surface area contributed by atoms with Crippen molar-refractivity contribution in [3.63, 3.8) is 0 Å². The van der Waals surface area contributed by atoms with E-state index in [4.69, 9.17) is 0 Å².